The molecule has 0 aromatic rings. The van der Waals surface area contributed by atoms with E-state index >= 15 is 0 Å². The van der Waals surface area contributed by atoms with E-state index in [1.54, 1.807) is 14.0 Å². The lowest BCUT2D eigenvalue weighted by Crippen LogP contribution is -2.26. The SMILES string of the molecule is COCCCC(=O)NCCC(C)C(=O)O. The molecule has 15 heavy (non-hydrogen) atoms. The third-order valence-corrected chi connectivity index (χ3v) is 2.07. The molecule has 5 nitrogen and oxygen atoms in total. The smallest absolute Gasteiger partial charge is 0.306 e. The zero-order valence-electron chi connectivity index (χ0n) is 9.28. The second-order valence-electron chi connectivity index (χ2n) is 3.47. The van der Waals surface area contributed by atoms with Crippen LogP contribution in [0.2, 0.25) is 0 Å². The van der Waals surface area contributed by atoms with Gasteiger partial charge < -0.3 is 15.2 Å². The van der Waals surface area contributed by atoms with Crippen LogP contribution < -0.4 is 5.32 Å². The van der Waals surface area contributed by atoms with Crippen molar-refractivity contribution in [2.45, 2.75) is 26.2 Å². The summed E-state index contributed by atoms with van der Waals surface area (Å²) in [6.45, 7) is 2.61. The maximum absolute atomic E-state index is 11.2. The molecule has 1 atom stereocenters. The molecule has 2 N–H and O–H groups in total. The van der Waals surface area contributed by atoms with Crippen molar-refractivity contribution in [1.29, 1.82) is 0 Å². The van der Waals surface area contributed by atoms with E-state index in [1.807, 2.05) is 0 Å². The van der Waals surface area contributed by atoms with E-state index in [9.17, 15) is 9.59 Å². The lowest BCUT2D eigenvalue weighted by Gasteiger charge is -2.07. The number of amides is 1. The van der Waals surface area contributed by atoms with Gasteiger partial charge in [0.1, 0.15) is 0 Å². The first kappa shape index (κ1) is 13.9. The summed E-state index contributed by atoms with van der Waals surface area (Å²) in [6.07, 6.45) is 1.58. The highest BCUT2D eigenvalue weighted by atomic mass is 16.5. The molecule has 0 rings (SSSR count). The van der Waals surface area contributed by atoms with Gasteiger partial charge in [-0.15, -0.1) is 0 Å². The molecular weight excluding hydrogens is 198 g/mol. The van der Waals surface area contributed by atoms with E-state index in [4.69, 9.17) is 9.84 Å². The standard InChI is InChI=1S/C10H19NO4/c1-8(10(13)14)5-6-11-9(12)4-3-7-15-2/h8H,3-7H2,1-2H3,(H,11,12)(H,13,14). The zero-order chi connectivity index (χ0) is 11.7. The topological polar surface area (TPSA) is 75.6 Å². The molecular formula is C10H19NO4. The first-order chi connectivity index (χ1) is 7.07. The Morgan fingerprint density at radius 3 is 2.67 bits per heavy atom. The normalized spacial score (nSPS) is 12.1. The van der Waals surface area contributed by atoms with Gasteiger partial charge in [-0.1, -0.05) is 6.92 Å². The van der Waals surface area contributed by atoms with Crippen LogP contribution in [-0.2, 0) is 14.3 Å². The van der Waals surface area contributed by atoms with Crippen LogP contribution in [0, 0.1) is 5.92 Å². The fourth-order valence-electron chi connectivity index (χ4n) is 1.02. The summed E-state index contributed by atoms with van der Waals surface area (Å²) in [5.74, 6) is -1.29. The summed E-state index contributed by atoms with van der Waals surface area (Å²) in [5, 5.41) is 11.3. The molecule has 0 saturated carbocycles. The third kappa shape index (κ3) is 7.93. The van der Waals surface area contributed by atoms with Crippen molar-refractivity contribution in [2.24, 2.45) is 5.92 Å². The number of carbonyl (C=O) groups excluding carboxylic acids is 1. The highest BCUT2D eigenvalue weighted by molar-refractivity contribution is 5.76. The van der Waals surface area contributed by atoms with Crippen LogP contribution in [0.25, 0.3) is 0 Å². The highest BCUT2D eigenvalue weighted by Crippen LogP contribution is 1.99. The number of carbonyl (C=O) groups is 2. The molecule has 0 saturated heterocycles. The Hall–Kier alpha value is -1.10. The van der Waals surface area contributed by atoms with Crippen LogP contribution in [0.1, 0.15) is 26.2 Å². The number of aliphatic carboxylic acids is 1. The monoisotopic (exact) mass is 217 g/mol. The Balaban J connectivity index is 3.42. The average molecular weight is 217 g/mol. The number of ether oxygens (including phenoxy) is 1. The number of nitrogens with one attached hydrogen (secondary N) is 1. The van der Waals surface area contributed by atoms with E-state index in [2.05, 4.69) is 5.32 Å². The van der Waals surface area contributed by atoms with Crippen molar-refractivity contribution in [3.8, 4) is 0 Å². The van der Waals surface area contributed by atoms with Gasteiger partial charge in [-0.2, -0.15) is 0 Å². The largest absolute Gasteiger partial charge is 0.481 e. The van der Waals surface area contributed by atoms with Gasteiger partial charge in [0.15, 0.2) is 0 Å². The van der Waals surface area contributed by atoms with Crippen molar-refractivity contribution in [3.05, 3.63) is 0 Å². The van der Waals surface area contributed by atoms with Crippen LogP contribution in [0.3, 0.4) is 0 Å². The predicted octanol–water partition coefficient (Wildman–Crippen LogP) is 0.640. The molecule has 0 aliphatic carbocycles. The van der Waals surface area contributed by atoms with Crippen molar-refractivity contribution >= 4 is 11.9 Å². The zero-order valence-corrected chi connectivity index (χ0v) is 9.28. The Morgan fingerprint density at radius 1 is 1.47 bits per heavy atom. The Morgan fingerprint density at radius 2 is 2.13 bits per heavy atom. The number of hydrogen-bond acceptors (Lipinski definition) is 3. The maximum Gasteiger partial charge on any atom is 0.306 e. The first-order valence-corrected chi connectivity index (χ1v) is 5.06. The lowest BCUT2D eigenvalue weighted by atomic mass is 10.1. The average Bonchev–Trinajstić information content (AvgIpc) is 2.18. The minimum absolute atomic E-state index is 0.0513. The van der Waals surface area contributed by atoms with E-state index in [1.165, 1.54) is 0 Å². The summed E-state index contributed by atoms with van der Waals surface area (Å²) in [7, 11) is 1.59. The van der Waals surface area contributed by atoms with E-state index in [0.29, 0.717) is 32.4 Å². The first-order valence-electron chi connectivity index (χ1n) is 5.06. The third-order valence-electron chi connectivity index (χ3n) is 2.07. The molecule has 0 aliphatic rings. The minimum atomic E-state index is -0.830. The Labute approximate surface area is 89.8 Å². The number of rotatable bonds is 8. The predicted molar refractivity (Wildman–Crippen MR) is 55.5 cm³/mol. The molecule has 0 spiro atoms. The second-order valence-corrected chi connectivity index (χ2v) is 3.47. The highest BCUT2D eigenvalue weighted by Gasteiger charge is 2.10. The van der Waals surface area contributed by atoms with Crippen molar-refractivity contribution in [1.82, 2.24) is 5.32 Å². The van der Waals surface area contributed by atoms with Crippen LogP contribution in [0.15, 0.2) is 0 Å². The van der Waals surface area contributed by atoms with Gasteiger partial charge in [0, 0.05) is 26.7 Å². The molecule has 0 fully saturated rings. The number of carboxylic acids is 1. The van der Waals surface area contributed by atoms with Gasteiger partial charge in [0.2, 0.25) is 5.91 Å². The van der Waals surface area contributed by atoms with Gasteiger partial charge in [-0.3, -0.25) is 9.59 Å². The summed E-state index contributed by atoms with van der Waals surface area (Å²) in [6, 6.07) is 0. The molecule has 88 valence electrons. The van der Waals surface area contributed by atoms with Crippen LogP contribution in [0.5, 0.6) is 0 Å². The summed E-state index contributed by atoms with van der Waals surface area (Å²) in [4.78, 5) is 21.6. The van der Waals surface area contributed by atoms with Crippen LogP contribution in [0.4, 0.5) is 0 Å². The molecule has 1 amide bonds. The molecule has 0 radical (unpaired) electrons. The van der Waals surface area contributed by atoms with Gasteiger partial charge in [-0.25, -0.2) is 0 Å². The van der Waals surface area contributed by atoms with E-state index in [0.717, 1.165) is 0 Å². The molecule has 0 heterocycles. The molecule has 1 unspecified atom stereocenters. The molecule has 0 aromatic carbocycles. The van der Waals surface area contributed by atoms with Gasteiger partial charge in [-0.05, 0) is 12.8 Å². The summed E-state index contributed by atoms with van der Waals surface area (Å²) in [5.41, 5.74) is 0. The van der Waals surface area contributed by atoms with Crippen molar-refractivity contribution < 1.29 is 19.4 Å². The van der Waals surface area contributed by atoms with Crippen molar-refractivity contribution in [3.63, 3.8) is 0 Å². The van der Waals surface area contributed by atoms with Crippen molar-refractivity contribution in [2.75, 3.05) is 20.3 Å². The quantitative estimate of drug-likeness (QED) is 0.585. The molecule has 0 aromatic heterocycles. The Bertz CT molecular complexity index is 206. The molecule has 0 bridgehead atoms. The van der Waals surface area contributed by atoms with Gasteiger partial charge >= 0.3 is 5.97 Å². The van der Waals surface area contributed by atoms with Crippen LogP contribution >= 0.6 is 0 Å². The lowest BCUT2D eigenvalue weighted by molar-refractivity contribution is -0.141. The number of carboxylic acid groups (broad SMARTS) is 1. The number of hydrogen-bond donors (Lipinski definition) is 2. The van der Waals surface area contributed by atoms with Crippen LogP contribution in [-0.4, -0.2) is 37.2 Å². The van der Waals surface area contributed by atoms with E-state index < -0.39 is 11.9 Å². The van der Waals surface area contributed by atoms with Gasteiger partial charge in [0.05, 0.1) is 5.92 Å². The minimum Gasteiger partial charge on any atom is -0.481 e. The fraction of sp³-hybridized carbons (Fsp3) is 0.800. The molecule has 5 heteroatoms. The maximum atomic E-state index is 11.2. The van der Waals surface area contributed by atoms with Gasteiger partial charge in [0.25, 0.3) is 0 Å². The fourth-order valence-corrected chi connectivity index (χ4v) is 1.02. The second kappa shape index (κ2) is 8.23. The summed E-state index contributed by atoms with van der Waals surface area (Å²) >= 11 is 0. The number of methoxy groups -OCH3 is 1. The Kier molecular flexibility index (Phi) is 7.62. The summed E-state index contributed by atoms with van der Waals surface area (Å²) < 4.78 is 4.81. The molecule has 0 aliphatic heterocycles. The van der Waals surface area contributed by atoms with E-state index in [-0.39, 0.29) is 5.91 Å².